The minimum Gasteiger partial charge on any atom is -0.447 e. The molecule has 0 bridgehead atoms. The van der Waals surface area contributed by atoms with Gasteiger partial charge >= 0.3 is 0 Å². The van der Waals surface area contributed by atoms with Crippen molar-refractivity contribution >= 4 is 0 Å². The van der Waals surface area contributed by atoms with Crippen LogP contribution in [-0.4, -0.2) is 0 Å². The van der Waals surface area contributed by atoms with Gasteiger partial charge in [0.25, 0.3) is 6.29 Å². The van der Waals surface area contributed by atoms with E-state index in [9.17, 15) is 0 Å². The third kappa shape index (κ3) is 1.49. The lowest BCUT2D eigenvalue weighted by Crippen LogP contribution is -2.08. The number of hydrogen-bond donors (Lipinski definition) is 0. The summed E-state index contributed by atoms with van der Waals surface area (Å²) in [5, 5.41) is 0. The zero-order valence-electron chi connectivity index (χ0n) is 10.1. The fraction of sp³-hybridized carbons (Fsp3) is 0.250. The molecule has 2 nitrogen and oxygen atoms in total. The van der Waals surface area contributed by atoms with E-state index < -0.39 is 0 Å². The van der Waals surface area contributed by atoms with E-state index in [4.69, 9.17) is 9.47 Å². The van der Waals surface area contributed by atoms with Crippen LogP contribution in [0.5, 0.6) is 11.5 Å². The summed E-state index contributed by atoms with van der Waals surface area (Å²) < 4.78 is 11.7. The highest BCUT2D eigenvalue weighted by atomic mass is 16.7. The van der Waals surface area contributed by atoms with E-state index in [2.05, 4.69) is 18.2 Å². The predicted molar refractivity (Wildman–Crippen MR) is 68.9 cm³/mol. The van der Waals surface area contributed by atoms with Gasteiger partial charge in [-0.25, -0.2) is 0 Å². The van der Waals surface area contributed by atoms with Gasteiger partial charge in [0.1, 0.15) is 0 Å². The highest BCUT2D eigenvalue weighted by Crippen LogP contribution is 2.40. The van der Waals surface area contributed by atoms with Gasteiger partial charge in [0, 0.05) is 5.56 Å². The molecule has 0 saturated carbocycles. The molecule has 4 rings (SSSR count). The molecule has 2 aromatic carbocycles. The monoisotopic (exact) mass is 238 g/mol. The van der Waals surface area contributed by atoms with Crippen LogP contribution in [0.2, 0.25) is 0 Å². The summed E-state index contributed by atoms with van der Waals surface area (Å²) in [6, 6.07) is 14.4. The van der Waals surface area contributed by atoms with Gasteiger partial charge in [-0.05, 0) is 48.6 Å². The maximum atomic E-state index is 5.83. The molecule has 18 heavy (non-hydrogen) atoms. The fourth-order valence-corrected chi connectivity index (χ4v) is 2.77. The topological polar surface area (TPSA) is 18.5 Å². The standard InChI is InChI=1S/C16H14O2/c1-2-7-15-14(6-1)17-16(18-15)13-9-8-11-4-3-5-12(11)10-13/h1-2,6-10,16H,3-5H2. The molecule has 0 amide bonds. The molecule has 0 aromatic heterocycles. The van der Waals surface area contributed by atoms with Crippen molar-refractivity contribution in [3.05, 3.63) is 59.2 Å². The van der Waals surface area contributed by atoms with Crippen LogP contribution in [0.15, 0.2) is 42.5 Å². The Kier molecular flexibility index (Phi) is 2.10. The van der Waals surface area contributed by atoms with E-state index in [0.717, 1.165) is 17.1 Å². The van der Waals surface area contributed by atoms with Crippen molar-refractivity contribution < 1.29 is 9.47 Å². The molecule has 1 aliphatic carbocycles. The Balaban J connectivity index is 1.66. The number of fused-ring (bicyclic) bond motifs is 2. The first-order valence-electron chi connectivity index (χ1n) is 6.44. The first kappa shape index (κ1) is 10.0. The van der Waals surface area contributed by atoms with Crippen LogP contribution in [0.3, 0.4) is 0 Å². The summed E-state index contributed by atoms with van der Waals surface area (Å²) in [6.07, 6.45) is 3.38. The van der Waals surface area contributed by atoms with Gasteiger partial charge in [-0.1, -0.05) is 24.3 Å². The van der Waals surface area contributed by atoms with Crippen LogP contribution in [0, 0.1) is 0 Å². The van der Waals surface area contributed by atoms with Crippen LogP contribution < -0.4 is 9.47 Å². The lowest BCUT2D eigenvalue weighted by atomic mass is 10.1. The molecule has 2 heteroatoms. The summed E-state index contributed by atoms with van der Waals surface area (Å²) in [4.78, 5) is 0. The van der Waals surface area contributed by atoms with Crippen LogP contribution in [-0.2, 0) is 12.8 Å². The van der Waals surface area contributed by atoms with Crippen molar-refractivity contribution in [2.24, 2.45) is 0 Å². The quantitative estimate of drug-likeness (QED) is 0.755. The molecule has 1 aliphatic heterocycles. The van der Waals surface area contributed by atoms with E-state index in [1.54, 1.807) is 0 Å². The Hall–Kier alpha value is -1.96. The van der Waals surface area contributed by atoms with Crippen molar-refractivity contribution in [3.63, 3.8) is 0 Å². The van der Waals surface area contributed by atoms with Gasteiger partial charge in [-0.2, -0.15) is 0 Å². The fourth-order valence-electron chi connectivity index (χ4n) is 2.77. The molecular weight excluding hydrogens is 224 g/mol. The molecule has 1 heterocycles. The summed E-state index contributed by atoms with van der Waals surface area (Å²) in [7, 11) is 0. The number of para-hydroxylation sites is 2. The van der Waals surface area contributed by atoms with Gasteiger partial charge in [-0.3, -0.25) is 0 Å². The van der Waals surface area contributed by atoms with Gasteiger partial charge in [0.15, 0.2) is 11.5 Å². The van der Waals surface area contributed by atoms with E-state index in [-0.39, 0.29) is 6.29 Å². The van der Waals surface area contributed by atoms with Crippen LogP contribution in [0.1, 0.15) is 29.4 Å². The third-order valence-electron chi connectivity index (χ3n) is 3.71. The van der Waals surface area contributed by atoms with Crippen molar-refractivity contribution in [3.8, 4) is 11.5 Å². The van der Waals surface area contributed by atoms with Gasteiger partial charge in [0.05, 0.1) is 0 Å². The molecule has 90 valence electrons. The van der Waals surface area contributed by atoms with Crippen LogP contribution >= 0.6 is 0 Å². The van der Waals surface area contributed by atoms with E-state index in [1.807, 2.05) is 24.3 Å². The van der Waals surface area contributed by atoms with Crippen LogP contribution in [0.25, 0.3) is 0 Å². The highest BCUT2D eigenvalue weighted by Gasteiger charge is 2.26. The SMILES string of the molecule is c1ccc2c(c1)OC(c1ccc3c(c1)CCC3)O2. The second kappa shape index (κ2) is 3.77. The van der Waals surface area contributed by atoms with Crippen molar-refractivity contribution in [2.45, 2.75) is 25.6 Å². The maximum Gasteiger partial charge on any atom is 0.267 e. The van der Waals surface area contributed by atoms with Crippen molar-refractivity contribution in [1.29, 1.82) is 0 Å². The Labute approximate surface area is 106 Å². The normalized spacial score (nSPS) is 16.9. The van der Waals surface area contributed by atoms with E-state index in [1.165, 1.54) is 30.4 Å². The molecule has 2 aliphatic rings. The Bertz CT molecular complexity index is 579. The lowest BCUT2D eigenvalue weighted by Gasteiger charge is -2.12. The van der Waals surface area contributed by atoms with Crippen molar-refractivity contribution in [1.82, 2.24) is 0 Å². The largest absolute Gasteiger partial charge is 0.447 e. The van der Waals surface area contributed by atoms with E-state index >= 15 is 0 Å². The second-order valence-electron chi connectivity index (χ2n) is 4.90. The van der Waals surface area contributed by atoms with Gasteiger partial charge in [-0.15, -0.1) is 0 Å². The molecule has 0 atom stereocenters. The van der Waals surface area contributed by atoms with Gasteiger partial charge in [0.2, 0.25) is 0 Å². The summed E-state index contributed by atoms with van der Waals surface area (Å²) in [5.74, 6) is 1.67. The molecule has 0 N–H and O–H groups in total. The maximum absolute atomic E-state index is 5.83. The summed E-state index contributed by atoms with van der Waals surface area (Å²) >= 11 is 0. The molecule has 0 fully saturated rings. The Morgan fingerprint density at radius 1 is 0.833 bits per heavy atom. The molecular formula is C16H14O2. The number of hydrogen-bond acceptors (Lipinski definition) is 2. The first-order valence-corrected chi connectivity index (χ1v) is 6.44. The zero-order chi connectivity index (χ0) is 11.9. The summed E-state index contributed by atoms with van der Waals surface area (Å²) in [6.45, 7) is 0. The van der Waals surface area contributed by atoms with E-state index in [0.29, 0.717) is 0 Å². The number of rotatable bonds is 1. The smallest absolute Gasteiger partial charge is 0.267 e. The van der Waals surface area contributed by atoms with Crippen LogP contribution in [0.4, 0.5) is 0 Å². The Morgan fingerprint density at radius 2 is 1.56 bits per heavy atom. The third-order valence-corrected chi connectivity index (χ3v) is 3.71. The predicted octanol–water partition coefficient (Wildman–Crippen LogP) is 3.65. The molecule has 2 aromatic rings. The lowest BCUT2D eigenvalue weighted by molar-refractivity contribution is 0.0486. The first-order chi connectivity index (χ1) is 8.90. The molecule has 0 spiro atoms. The minimum absolute atomic E-state index is 0.284. The number of aryl methyl sites for hydroxylation is 2. The average molecular weight is 238 g/mol. The number of benzene rings is 2. The second-order valence-corrected chi connectivity index (χ2v) is 4.90. The minimum atomic E-state index is -0.284. The van der Waals surface area contributed by atoms with Gasteiger partial charge < -0.3 is 9.47 Å². The average Bonchev–Trinajstić information content (AvgIpc) is 3.04. The number of ether oxygens (including phenoxy) is 2. The molecule has 0 saturated heterocycles. The van der Waals surface area contributed by atoms with Crippen molar-refractivity contribution in [2.75, 3.05) is 0 Å². The zero-order valence-corrected chi connectivity index (χ0v) is 10.1. The molecule has 0 radical (unpaired) electrons. The Morgan fingerprint density at radius 3 is 2.33 bits per heavy atom. The summed E-state index contributed by atoms with van der Waals surface area (Å²) in [5.41, 5.74) is 4.05. The molecule has 0 unspecified atom stereocenters. The highest BCUT2D eigenvalue weighted by molar-refractivity contribution is 5.44.